The first kappa shape index (κ1) is 11.9. The van der Waals surface area contributed by atoms with Crippen LogP contribution in [0, 0.1) is 6.92 Å². The molecule has 0 atom stereocenters. The van der Waals surface area contributed by atoms with Gasteiger partial charge in [0.1, 0.15) is 5.69 Å². The number of rotatable bonds is 3. The van der Waals surface area contributed by atoms with E-state index >= 15 is 0 Å². The van der Waals surface area contributed by atoms with Crippen molar-refractivity contribution in [2.75, 3.05) is 5.32 Å². The van der Waals surface area contributed by atoms with E-state index < -0.39 is 5.56 Å². The summed E-state index contributed by atoms with van der Waals surface area (Å²) in [6.45, 7) is 1.67. The molecule has 18 heavy (non-hydrogen) atoms. The summed E-state index contributed by atoms with van der Waals surface area (Å²) >= 11 is 0. The van der Waals surface area contributed by atoms with Gasteiger partial charge < -0.3 is 10.4 Å². The minimum Gasteiger partial charge on any atom is -0.494 e. The molecule has 2 rings (SSSR count). The zero-order valence-electron chi connectivity index (χ0n) is 9.73. The molecule has 5 nitrogen and oxygen atoms in total. The van der Waals surface area contributed by atoms with E-state index in [1.807, 2.05) is 30.3 Å². The third kappa shape index (κ3) is 1.98. The first-order valence-electron chi connectivity index (χ1n) is 5.36. The topological polar surface area (TPSA) is 82.2 Å². The van der Waals surface area contributed by atoms with Crippen molar-refractivity contribution in [1.29, 1.82) is 0 Å². The normalized spacial score (nSPS) is 10.1. The average Bonchev–Trinajstić information content (AvgIpc) is 2.35. The summed E-state index contributed by atoms with van der Waals surface area (Å²) < 4.78 is 0. The number of anilines is 1. The Morgan fingerprint density at radius 1 is 1.28 bits per heavy atom. The van der Waals surface area contributed by atoms with E-state index in [9.17, 15) is 14.7 Å². The van der Waals surface area contributed by atoms with E-state index in [4.69, 9.17) is 0 Å². The van der Waals surface area contributed by atoms with Gasteiger partial charge in [0.25, 0.3) is 5.56 Å². The van der Waals surface area contributed by atoms with Gasteiger partial charge in [-0.05, 0) is 18.1 Å². The Morgan fingerprint density at radius 3 is 2.56 bits per heavy atom. The van der Waals surface area contributed by atoms with Gasteiger partial charge in [0, 0.05) is 5.56 Å². The van der Waals surface area contributed by atoms with E-state index in [0.29, 0.717) is 17.5 Å². The fraction of sp³-hybridized carbons (Fsp3) is 0.0769. The summed E-state index contributed by atoms with van der Waals surface area (Å²) in [4.78, 5) is 24.4. The Balaban J connectivity index is 2.72. The van der Waals surface area contributed by atoms with Crippen LogP contribution in [0.15, 0.2) is 35.1 Å². The first-order valence-corrected chi connectivity index (χ1v) is 5.36. The summed E-state index contributed by atoms with van der Waals surface area (Å²) in [5.74, 6) is -0.208. The van der Waals surface area contributed by atoms with Gasteiger partial charge in [0.05, 0.1) is 0 Å². The highest BCUT2D eigenvalue weighted by molar-refractivity contribution is 5.81. The van der Waals surface area contributed by atoms with Gasteiger partial charge in [0.15, 0.2) is 5.88 Å². The van der Waals surface area contributed by atoms with Gasteiger partial charge in [-0.15, -0.1) is 0 Å². The number of aromatic hydroxyl groups is 1. The highest BCUT2D eigenvalue weighted by atomic mass is 16.3. The Morgan fingerprint density at radius 2 is 1.94 bits per heavy atom. The van der Waals surface area contributed by atoms with Crippen molar-refractivity contribution < 1.29 is 9.90 Å². The van der Waals surface area contributed by atoms with Gasteiger partial charge in [-0.3, -0.25) is 14.6 Å². The standard InChI is InChI=1S/C13H12N2O3/c1-8-10(9-5-3-2-4-6-9)12(17)15-13(18)11(8)14-7-16/h2-7H,1H3,(H,14,16)(H2,15,17,18). The molecule has 0 aliphatic rings. The van der Waals surface area contributed by atoms with Crippen LogP contribution in [0.2, 0.25) is 0 Å². The maximum atomic E-state index is 11.6. The lowest BCUT2D eigenvalue weighted by Crippen LogP contribution is -2.15. The molecule has 0 aliphatic heterocycles. The van der Waals surface area contributed by atoms with Crippen LogP contribution in [-0.2, 0) is 4.79 Å². The van der Waals surface area contributed by atoms with Gasteiger partial charge in [-0.25, -0.2) is 0 Å². The van der Waals surface area contributed by atoms with Crippen molar-refractivity contribution in [3.63, 3.8) is 0 Å². The number of hydrogen-bond acceptors (Lipinski definition) is 3. The minimum atomic E-state index is -0.531. The molecule has 92 valence electrons. The van der Waals surface area contributed by atoms with Crippen molar-refractivity contribution >= 4 is 12.1 Å². The van der Waals surface area contributed by atoms with Crippen molar-refractivity contribution in [3.05, 3.63) is 46.2 Å². The van der Waals surface area contributed by atoms with Gasteiger partial charge in [-0.1, -0.05) is 30.3 Å². The lowest BCUT2D eigenvalue weighted by atomic mass is 10.0. The van der Waals surface area contributed by atoms with Crippen molar-refractivity contribution in [2.24, 2.45) is 0 Å². The van der Waals surface area contributed by atoms with Gasteiger partial charge >= 0.3 is 0 Å². The second-order valence-electron chi connectivity index (χ2n) is 3.81. The van der Waals surface area contributed by atoms with Crippen molar-refractivity contribution in [2.45, 2.75) is 6.92 Å². The molecule has 2 aromatic rings. The molecule has 1 heterocycles. The number of amides is 1. The lowest BCUT2D eigenvalue weighted by Gasteiger charge is -2.11. The second-order valence-corrected chi connectivity index (χ2v) is 3.81. The van der Waals surface area contributed by atoms with E-state index in [-0.39, 0.29) is 11.6 Å². The number of carbonyl (C=O) groups excluding carboxylic acids is 1. The fourth-order valence-electron chi connectivity index (χ4n) is 1.90. The summed E-state index contributed by atoms with van der Waals surface area (Å²) in [7, 11) is 0. The summed E-state index contributed by atoms with van der Waals surface area (Å²) in [6, 6.07) is 9.13. The zero-order chi connectivity index (χ0) is 13.1. The van der Waals surface area contributed by atoms with Crippen LogP contribution in [0.4, 0.5) is 5.69 Å². The molecular formula is C13H12N2O3. The number of benzene rings is 1. The predicted octanol–water partition coefficient (Wildman–Crippen LogP) is 1.62. The first-order chi connectivity index (χ1) is 8.65. The summed E-state index contributed by atoms with van der Waals surface area (Å²) in [5.41, 5.74) is 1.39. The SMILES string of the molecule is Cc1c(-c2ccccc2)c(O)[nH]c(=O)c1NC=O. The largest absolute Gasteiger partial charge is 0.494 e. The molecule has 1 amide bonds. The maximum absolute atomic E-state index is 11.6. The number of nitrogens with one attached hydrogen (secondary N) is 2. The predicted molar refractivity (Wildman–Crippen MR) is 68.6 cm³/mol. The molecule has 0 saturated heterocycles. The Kier molecular flexibility index (Phi) is 3.14. The Bertz CT molecular complexity index is 633. The monoisotopic (exact) mass is 244 g/mol. The minimum absolute atomic E-state index is 0.140. The quantitative estimate of drug-likeness (QED) is 0.717. The number of pyridine rings is 1. The smallest absolute Gasteiger partial charge is 0.274 e. The van der Waals surface area contributed by atoms with E-state index in [0.717, 1.165) is 5.56 Å². The number of carbonyl (C=O) groups is 1. The van der Waals surface area contributed by atoms with Crippen LogP contribution in [0.25, 0.3) is 11.1 Å². The maximum Gasteiger partial charge on any atom is 0.274 e. The molecule has 0 radical (unpaired) electrons. The molecule has 1 aromatic carbocycles. The highest BCUT2D eigenvalue weighted by Crippen LogP contribution is 2.32. The van der Waals surface area contributed by atoms with Crippen LogP contribution < -0.4 is 10.9 Å². The van der Waals surface area contributed by atoms with Crippen LogP contribution in [0.1, 0.15) is 5.56 Å². The Labute approximate surface area is 103 Å². The van der Waals surface area contributed by atoms with Gasteiger partial charge in [0.2, 0.25) is 6.41 Å². The molecule has 0 unspecified atom stereocenters. The molecule has 0 aliphatic carbocycles. The third-order valence-corrected chi connectivity index (χ3v) is 2.71. The zero-order valence-corrected chi connectivity index (χ0v) is 9.73. The average molecular weight is 244 g/mol. The second kappa shape index (κ2) is 4.75. The Hall–Kier alpha value is -2.56. The van der Waals surface area contributed by atoms with Crippen molar-refractivity contribution in [1.82, 2.24) is 4.98 Å². The molecule has 1 aromatic heterocycles. The van der Waals surface area contributed by atoms with E-state index in [2.05, 4.69) is 10.3 Å². The van der Waals surface area contributed by atoms with Crippen molar-refractivity contribution in [3.8, 4) is 17.0 Å². The van der Waals surface area contributed by atoms with Crippen LogP contribution in [0.5, 0.6) is 5.88 Å². The molecule has 5 heteroatoms. The number of aromatic amines is 1. The molecule has 0 saturated carbocycles. The fourth-order valence-corrected chi connectivity index (χ4v) is 1.90. The molecule has 3 N–H and O–H groups in total. The van der Waals surface area contributed by atoms with Crippen LogP contribution >= 0.6 is 0 Å². The highest BCUT2D eigenvalue weighted by Gasteiger charge is 2.14. The van der Waals surface area contributed by atoms with Crippen LogP contribution in [0.3, 0.4) is 0 Å². The lowest BCUT2D eigenvalue weighted by molar-refractivity contribution is -0.105. The third-order valence-electron chi connectivity index (χ3n) is 2.71. The van der Waals surface area contributed by atoms with Gasteiger partial charge in [-0.2, -0.15) is 0 Å². The molecule has 0 bridgehead atoms. The molecular weight excluding hydrogens is 232 g/mol. The van der Waals surface area contributed by atoms with Crippen LogP contribution in [-0.4, -0.2) is 16.5 Å². The summed E-state index contributed by atoms with van der Waals surface area (Å²) in [6.07, 6.45) is 0.434. The molecule has 0 spiro atoms. The summed E-state index contributed by atoms with van der Waals surface area (Å²) in [5, 5.41) is 12.2. The number of hydrogen-bond donors (Lipinski definition) is 3. The van der Waals surface area contributed by atoms with E-state index in [1.54, 1.807) is 6.92 Å². The molecule has 0 fully saturated rings. The number of H-pyrrole nitrogens is 1. The van der Waals surface area contributed by atoms with E-state index in [1.165, 1.54) is 0 Å². The number of aromatic nitrogens is 1.